The number of carbonyl (C=O) groups excluding carboxylic acids is 1. The highest BCUT2D eigenvalue weighted by Gasteiger charge is 2.28. The molecule has 2 aromatic heterocycles. The first kappa shape index (κ1) is 18.2. The van der Waals surface area contributed by atoms with Gasteiger partial charge in [0.2, 0.25) is 5.91 Å². The van der Waals surface area contributed by atoms with Crippen LogP contribution in [0.1, 0.15) is 30.0 Å². The van der Waals surface area contributed by atoms with E-state index in [-0.39, 0.29) is 17.6 Å². The van der Waals surface area contributed by atoms with Gasteiger partial charge >= 0.3 is 0 Å². The van der Waals surface area contributed by atoms with Crippen LogP contribution in [0.2, 0.25) is 0 Å². The largest absolute Gasteiger partial charge is 0.342 e. The SMILES string of the molecule is O=C(Cc1ccncc1)N1CCC[C@@H](c2nccnc2-c2cccc(F)c2)C1. The van der Waals surface area contributed by atoms with Gasteiger partial charge in [-0.3, -0.25) is 19.7 Å². The third kappa shape index (κ3) is 4.06. The number of amides is 1. The van der Waals surface area contributed by atoms with Crippen molar-refractivity contribution in [3.8, 4) is 11.3 Å². The van der Waals surface area contributed by atoms with Crippen molar-refractivity contribution in [1.29, 1.82) is 0 Å². The first-order valence-electron chi connectivity index (χ1n) is 9.44. The molecule has 0 unspecified atom stereocenters. The summed E-state index contributed by atoms with van der Waals surface area (Å²) in [6, 6.07) is 10.1. The van der Waals surface area contributed by atoms with Gasteiger partial charge in [0.25, 0.3) is 0 Å². The van der Waals surface area contributed by atoms with Crippen molar-refractivity contribution in [3.05, 3.63) is 78.3 Å². The zero-order valence-electron chi connectivity index (χ0n) is 15.5. The first-order valence-corrected chi connectivity index (χ1v) is 9.44. The molecule has 28 heavy (non-hydrogen) atoms. The van der Waals surface area contributed by atoms with Gasteiger partial charge in [-0.05, 0) is 42.7 Å². The molecule has 142 valence electrons. The molecular weight excluding hydrogens is 355 g/mol. The van der Waals surface area contributed by atoms with Gasteiger partial charge in [0.15, 0.2) is 0 Å². The van der Waals surface area contributed by atoms with Crippen LogP contribution in [0.15, 0.2) is 61.2 Å². The maximum absolute atomic E-state index is 13.7. The Bertz CT molecular complexity index is 964. The fourth-order valence-corrected chi connectivity index (χ4v) is 3.72. The maximum Gasteiger partial charge on any atom is 0.227 e. The van der Waals surface area contributed by atoms with Crippen LogP contribution < -0.4 is 0 Å². The van der Waals surface area contributed by atoms with Gasteiger partial charge in [-0.15, -0.1) is 0 Å². The Morgan fingerprint density at radius 2 is 1.93 bits per heavy atom. The fourth-order valence-electron chi connectivity index (χ4n) is 3.72. The number of halogens is 1. The second kappa shape index (κ2) is 8.25. The highest BCUT2D eigenvalue weighted by molar-refractivity contribution is 5.79. The lowest BCUT2D eigenvalue weighted by molar-refractivity contribution is -0.131. The summed E-state index contributed by atoms with van der Waals surface area (Å²) in [5.74, 6) is -0.110. The molecule has 1 aromatic carbocycles. The molecule has 1 fully saturated rings. The van der Waals surface area contributed by atoms with Crippen LogP contribution in [-0.2, 0) is 11.2 Å². The number of hydrogen-bond acceptors (Lipinski definition) is 4. The van der Waals surface area contributed by atoms with Crippen LogP contribution in [0.4, 0.5) is 4.39 Å². The van der Waals surface area contributed by atoms with Crippen molar-refractivity contribution >= 4 is 5.91 Å². The molecule has 0 N–H and O–H groups in total. The molecule has 0 bridgehead atoms. The summed E-state index contributed by atoms with van der Waals surface area (Å²) in [7, 11) is 0. The van der Waals surface area contributed by atoms with E-state index in [1.54, 1.807) is 30.9 Å². The Morgan fingerprint density at radius 3 is 2.75 bits per heavy atom. The van der Waals surface area contributed by atoms with Crippen LogP contribution >= 0.6 is 0 Å². The number of aromatic nitrogens is 3. The van der Waals surface area contributed by atoms with Crippen molar-refractivity contribution in [3.63, 3.8) is 0 Å². The molecule has 0 spiro atoms. The number of likely N-dealkylation sites (tertiary alicyclic amines) is 1. The van der Waals surface area contributed by atoms with Gasteiger partial charge in [-0.25, -0.2) is 4.39 Å². The van der Waals surface area contributed by atoms with E-state index in [9.17, 15) is 9.18 Å². The topological polar surface area (TPSA) is 59.0 Å². The van der Waals surface area contributed by atoms with Crippen LogP contribution in [0.3, 0.4) is 0 Å². The monoisotopic (exact) mass is 376 g/mol. The number of benzene rings is 1. The molecule has 3 heterocycles. The van der Waals surface area contributed by atoms with E-state index in [4.69, 9.17) is 0 Å². The minimum Gasteiger partial charge on any atom is -0.342 e. The average Bonchev–Trinajstić information content (AvgIpc) is 2.74. The third-order valence-corrected chi connectivity index (χ3v) is 5.09. The van der Waals surface area contributed by atoms with E-state index in [1.807, 2.05) is 23.1 Å². The Morgan fingerprint density at radius 1 is 1.11 bits per heavy atom. The summed E-state index contributed by atoms with van der Waals surface area (Å²) in [5.41, 5.74) is 3.19. The smallest absolute Gasteiger partial charge is 0.227 e. The predicted octanol–water partition coefficient (Wildman–Crippen LogP) is 3.63. The predicted molar refractivity (Wildman–Crippen MR) is 104 cm³/mol. The molecule has 3 aromatic rings. The summed E-state index contributed by atoms with van der Waals surface area (Å²) in [5, 5.41) is 0. The summed E-state index contributed by atoms with van der Waals surface area (Å²) in [6.07, 6.45) is 8.89. The van der Waals surface area contributed by atoms with Crippen molar-refractivity contribution in [2.75, 3.05) is 13.1 Å². The van der Waals surface area contributed by atoms with E-state index in [0.29, 0.717) is 24.2 Å². The summed E-state index contributed by atoms with van der Waals surface area (Å²) in [4.78, 5) is 27.7. The third-order valence-electron chi connectivity index (χ3n) is 5.09. The molecule has 4 rings (SSSR count). The van der Waals surface area contributed by atoms with Crippen molar-refractivity contribution < 1.29 is 9.18 Å². The Hall–Kier alpha value is -3.15. The van der Waals surface area contributed by atoms with E-state index >= 15 is 0 Å². The summed E-state index contributed by atoms with van der Waals surface area (Å²) >= 11 is 0. The molecule has 0 radical (unpaired) electrons. The van der Waals surface area contributed by atoms with Gasteiger partial charge in [0, 0.05) is 49.4 Å². The van der Waals surface area contributed by atoms with Gasteiger partial charge < -0.3 is 4.90 Å². The van der Waals surface area contributed by atoms with E-state index in [1.165, 1.54) is 12.1 Å². The fraction of sp³-hybridized carbons (Fsp3) is 0.273. The molecule has 1 atom stereocenters. The van der Waals surface area contributed by atoms with Crippen LogP contribution in [-0.4, -0.2) is 38.8 Å². The first-order chi connectivity index (χ1) is 13.7. The minimum atomic E-state index is -0.299. The molecule has 0 saturated carbocycles. The van der Waals surface area contributed by atoms with Crippen LogP contribution in [0, 0.1) is 5.82 Å². The van der Waals surface area contributed by atoms with Gasteiger partial charge in [-0.2, -0.15) is 0 Å². The highest BCUT2D eigenvalue weighted by atomic mass is 19.1. The Balaban J connectivity index is 1.55. The second-order valence-corrected chi connectivity index (χ2v) is 7.01. The van der Waals surface area contributed by atoms with Gasteiger partial charge in [0.1, 0.15) is 5.82 Å². The minimum absolute atomic E-state index is 0.0853. The lowest BCUT2D eigenvalue weighted by Gasteiger charge is -2.33. The molecular formula is C22H21FN4O. The van der Waals surface area contributed by atoms with E-state index in [2.05, 4.69) is 15.0 Å². The highest BCUT2D eigenvalue weighted by Crippen LogP contribution is 2.32. The van der Waals surface area contributed by atoms with Gasteiger partial charge in [0.05, 0.1) is 17.8 Å². The summed E-state index contributed by atoms with van der Waals surface area (Å²) in [6.45, 7) is 1.35. The number of hydrogen-bond donors (Lipinski definition) is 0. The van der Waals surface area contributed by atoms with Crippen molar-refractivity contribution in [2.24, 2.45) is 0 Å². The number of rotatable bonds is 4. The Labute approximate surface area is 163 Å². The number of piperidine rings is 1. The zero-order chi connectivity index (χ0) is 19.3. The van der Waals surface area contributed by atoms with E-state index in [0.717, 1.165) is 30.6 Å². The van der Waals surface area contributed by atoms with Crippen LogP contribution in [0.5, 0.6) is 0 Å². The zero-order valence-corrected chi connectivity index (χ0v) is 15.5. The molecule has 6 heteroatoms. The Kier molecular flexibility index (Phi) is 5.37. The quantitative estimate of drug-likeness (QED) is 0.698. The lowest BCUT2D eigenvalue weighted by atomic mass is 9.91. The number of carbonyl (C=O) groups is 1. The molecule has 1 amide bonds. The van der Waals surface area contributed by atoms with E-state index < -0.39 is 0 Å². The van der Waals surface area contributed by atoms with Crippen molar-refractivity contribution in [2.45, 2.75) is 25.2 Å². The van der Waals surface area contributed by atoms with Crippen molar-refractivity contribution in [1.82, 2.24) is 19.9 Å². The lowest BCUT2D eigenvalue weighted by Crippen LogP contribution is -2.40. The number of nitrogens with zero attached hydrogens (tertiary/aromatic N) is 4. The normalized spacial score (nSPS) is 16.8. The molecule has 1 aliphatic heterocycles. The average molecular weight is 376 g/mol. The second-order valence-electron chi connectivity index (χ2n) is 7.01. The molecule has 5 nitrogen and oxygen atoms in total. The summed E-state index contributed by atoms with van der Waals surface area (Å²) < 4.78 is 13.7. The van der Waals surface area contributed by atoms with Crippen LogP contribution in [0.25, 0.3) is 11.3 Å². The maximum atomic E-state index is 13.7. The number of pyridine rings is 1. The standard InChI is InChI=1S/C22H21FN4O/c23-19-5-1-3-17(14-19)21-22(26-11-10-25-21)18-4-2-12-27(15-18)20(28)13-16-6-8-24-9-7-16/h1,3,5-11,14,18H,2,4,12-13,15H2/t18-/m1/s1. The molecule has 1 saturated heterocycles. The molecule has 1 aliphatic rings. The van der Waals surface area contributed by atoms with Gasteiger partial charge in [-0.1, -0.05) is 12.1 Å². The molecule has 0 aliphatic carbocycles.